The van der Waals surface area contributed by atoms with Crippen LogP contribution in [0.25, 0.3) is 10.8 Å². The molecule has 1 fully saturated rings. The van der Waals surface area contributed by atoms with Gasteiger partial charge in [-0.05, 0) is 55.2 Å². The Morgan fingerprint density at radius 2 is 1.86 bits per heavy atom. The molecule has 3 aromatic rings. The number of ether oxygens (including phenoxy) is 1. The quantitative estimate of drug-likeness (QED) is 0.484. The van der Waals surface area contributed by atoms with Gasteiger partial charge in [-0.1, -0.05) is 36.4 Å². The Balaban J connectivity index is 1.51. The second kappa shape index (κ2) is 10.9. The van der Waals surface area contributed by atoms with Gasteiger partial charge in [-0.3, -0.25) is 0 Å². The predicted molar refractivity (Wildman–Crippen MR) is 134 cm³/mol. The molecule has 35 heavy (non-hydrogen) atoms. The van der Waals surface area contributed by atoms with Gasteiger partial charge in [0, 0.05) is 24.9 Å². The summed E-state index contributed by atoms with van der Waals surface area (Å²) in [5, 5.41) is 4.01. The van der Waals surface area contributed by atoms with E-state index < -0.39 is 16.5 Å². The zero-order valence-corrected chi connectivity index (χ0v) is 21.0. The molecule has 3 unspecified atom stereocenters. The van der Waals surface area contributed by atoms with Crippen molar-refractivity contribution in [2.75, 3.05) is 13.1 Å². The molecule has 1 aliphatic heterocycles. The highest BCUT2D eigenvalue weighted by atomic mass is 32.2. The maximum atomic E-state index is 12.5. The second-order valence-electron chi connectivity index (χ2n) is 9.84. The van der Waals surface area contributed by atoms with Gasteiger partial charge in [-0.15, -0.1) is 5.06 Å². The minimum Gasteiger partial charge on any atom is -0.371 e. The first-order valence-corrected chi connectivity index (χ1v) is 12.9. The number of hydroxylamine groups is 2. The SMILES string of the molecule is CC(C)(C)C(=O)ON1CCC(c2cnc(CS(=O)O)nc2)C(OCc2ccc3ccccc3c2)C1. The van der Waals surface area contributed by atoms with Crippen LogP contribution in [0.2, 0.25) is 0 Å². The lowest BCUT2D eigenvalue weighted by atomic mass is 9.89. The van der Waals surface area contributed by atoms with Gasteiger partial charge in [0.2, 0.25) is 0 Å². The molecule has 0 radical (unpaired) electrons. The van der Waals surface area contributed by atoms with Crippen LogP contribution in [0.4, 0.5) is 0 Å². The van der Waals surface area contributed by atoms with Gasteiger partial charge < -0.3 is 14.1 Å². The molecule has 1 saturated heterocycles. The van der Waals surface area contributed by atoms with Gasteiger partial charge in [-0.2, -0.15) is 0 Å². The van der Waals surface area contributed by atoms with E-state index in [1.54, 1.807) is 17.5 Å². The Kier molecular flexibility index (Phi) is 7.91. The van der Waals surface area contributed by atoms with Crippen molar-refractivity contribution in [1.29, 1.82) is 0 Å². The first kappa shape index (κ1) is 25.4. The lowest BCUT2D eigenvalue weighted by Crippen LogP contribution is -2.46. The van der Waals surface area contributed by atoms with Crippen LogP contribution < -0.4 is 0 Å². The van der Waals surface area contributed by atoms with Gasteiger partial charge in [0.05, 0.1) is 24.7 Å². The Bertz CT molecular complexity index is 1200. The van der Waals surface area contributed by atoms with E-state index in [4.69, 9.17) is 14.1 Å². The van der Waals surface area contributed by atoms with Crippen LogP contribution >= 0.6 is 0 Å². The second-order valence-corrected chi connectivity index (χ2v) is 10.8. The number of carbonyl (C=O) groups excluding carboxylic acids is 1. The van der Waals surface area contributed by atoms with E-state index in [0.717, 1.165) is 16.5 Å². The summed E-state index contributed by atoms with van der Waals surface area (Å²) in [5.41, 5.74) is 1.35. The van der Waals surface area contributed by atoms with Crippen LogP contribution in [0.15, 0.2) is 54.9 Å². The number of carbonyl (C=O) groups is 1. The minimum absolute atomic E-state index is 0.00582. The zero-order valence-electron chi connectivity index (χ0n) is 20.2. The molecule has 3 atom stereocenters. The molecule has 0 aliphatic carbocycles. The number of piperidine rings is 1. The van der Waals surface area contributed by atoms with Crippen molar-refractivity contribution in [2.45, 2.75) is 51.6 Å². The molecule has 9 heteroatoms. The molecule has 4 rings (SSSR count). The lowest BCUT2D eigenvalue weighted by Gasteiger charge is -2.38. The largest absolute Gasteiger partial charge is 0.371 e. The fourth-order valence-corrected chi connectivity index (χ4v) is 4.42. The van der Waals surface area contributed by atoms with E-state index >= 15 is 0 Å². The molecule has 8 nitrogen and oxygen atoms in total. The van der Waals surface area contributed by atoms with Crippen molar-refractivity contribution < 1.29 is 23.1 Å². The molecule has 2 aromatic carbocycles. The highest BCUT2D eigenvalue weighted by Crippen LogP contribution is 2.31. The number of hydrogen-bond acceptors (Lipinski definition) is 7. The van der Waals surface area contributed by atoms with Crippen molar-refractivity contribution in [2.24, 2.45) is 5.41 Å². The third kappa shape index (κ3) is 6.70. The average Bonchev–Trinajstić information content (AvgIpc) is 2.82. The monoisotopic (exact) mass is 497 g/mol. The van der Waals surface area contributed by atoms with Crippen LogP contribution in [0.3, 0.4) is 0 Å². The summed E-state index contributed by atoms with van der Waals surface area (Å²) in [5.74, 6) is -0.0778. The Morgan fingerprint density at radius 3 is 2.54 bits per heavy atom. The van der Waals surface area contributed by atoms with E-state index in [1.165, 1.54) is 5.39 Å². The van der Waals surface area contributed by atoms with E-state index in [9.17, 15) is 9.00 Å². The molecule has 1 N–H and O–H groups in total. The number of hydrogen-bond donors (Lipinski definition) is 1. The standard InChI is InChI=1S/C26H31N3O5S/c1-26(2,3)25(30)34-29-11-10-22(21-13-27-24(28-14-21)17-35(31)32)23(15-29)33-16-18-8-9-19-6-4-5-7-20(19)12-18/h4-9,12-14,22-23H,10-11,15-17H2,1-3H3,(H,31,32). The summed E-state index contributed by atoms with van der Waals surface area (Å²) >= 11 is -1.99. The summed E-state index contributed by atoms with van der Waals surface area (Å²) in [6.07, 6.45) is 3.82. The minimum atomic E-state index is -1.99. The zero-order chi connectivity index (χ0) is 25.0. The maximum Gasteiger partial charge on any atom is 0.330 e. The summed E-state index contributed by atoms with van der Waals surface area (Å²) in [7, 11) is 0. The Labute approximate surface area is 207 Å². The highest BCUT2D eigenvalue weighted by molar-refractivity contribution is 7.78. The van der Waals surface area contributed by atoms with E-state index in [0.29, 0.717) is 31.9 Å². The fraction of sp³-hybridized carbons (Fsp3) is 0.423. The van der Waals surface area contributed by atoms with Crippen molar-refractivity contribution in [3.05, 3.63) is 71.8 Å². The van der Waals surface area contributed by atoms with Gasteiger partial charge in [0.25, 0.3) is 0 Å². The number of rotatable bonds is 7. The molecule has 2 heterocycles. The summed E-state index contributed by atoms with van der Waals surface area (Å²) in [6, 6.07) is 14.5. The molecule has 0 spiro atoms. The number of fused-ring (bicyclic) bond motifs is 1. The fourth-order valence-electron chi connectivity index (χ4n) is 4.05. The summed E-state index contributed by atoms with van der Waals surface area (Å²) < 4.78 is 26.6. The van der Waals surface area contributed by atoms with Crippen molar-refractivity contribution in [1.82, 2.24) is 15.0 Å². The lowest BCUT2D eigenvalue weighted by molar-refractivity contribution is -0.216. The predicted octanol–water partition coefficient (Wildman–Crippen LogP) is 4.23. The van der Waals surface area contributed by atoms with Crippen LogP contribution in [0.5, 0.6) is 0 Å². The van der Waals surface area contributed by atoms with Crippen molar-refractivity contribution in [3.63, 3.8) is 0 Å². The summed E-state index contributed by atoms with van der Waals surface area (Å²) in [6.45, 7) is 6.87. The van der Waals surface area contributed by atoms with Crippen LogP contribution in [0, 0.1) is 5.41 Å². The molecule has 1 aromatic heterocycles. The third-order valence-corrected chi connectivity index (χ3v) is 6.54. The number of aromatic nitrogens is 2. The van der Waals surface area contributed by atoms with E-state index in [-0.39, 0.29) is 23.7 Å². The van der Waals surface area contributed by atoms with E-state index in [1.807, 2.05) is 32.9 Å². The topological polar surface area (TPSA) is 102 Å². The summed E-state index contributed by atoms with van der Waals surface area (Å²) in [4.78, 5) is 26.6. The molecule has 0 bridgehead atoms. The van der Waals surface area contributed by atoms with Crippen molar-refractivity contribution in [3.8, 4) is 0 Å². The smallest absolute Gasteiger partial charge is 0.330 e. The van der Waals surface area contributed by atoms with Crippen LogP contribution in [0.1, 0.15) is 50.1 Å². The Morgan fingerprint density at radius 1 is 1.14 bits per heavy atom. The maximum absolute atomic E-state index is 12.5. The van der Waals surface area contributed by atoms with Gasteiger partial charge in [0.15, 0.2) is 11.1 Å². The third-order valence-electron chi connectivity index (χ3n) is 6.03. The molecule has 186 valence electrons. The molecular formula is C26H31N3O5S. The van der Waals surface area contributed by atoms with Crippen LogP contribution in [-0.4, -0.2) is 49.0 Å². The number of nitrogens with zero attached hydrogens (tertiary/aromatic N) is 3. The first-order chi connectivity index (χ1) is 16.7. The molecular weight excluding hydrogens is 466 g/mol. The van der Waals surface area contributed by atoms with Crippen molar-refractivity contribution >= 4 is 27.8 Å². The van der Waals surface area contributed by atoms with Crippen LogP contribution in [-0.2, 0) is 37.8 Å². The first-order valence-electron chi connectivity index (χ1n) is 11.6. The molecule has 0 saturated carbocycles. The van der Waals surface area contributed by atoms with E-state index in [2.05, 4.69) is 40.3 Å². The Hall–Kier alpha value is -2.72. The average molecular weight is 498 g/mol. The highest BCUT2D eigenvalue weighted by Gasteiger charge is 2.35. The molecule has 1 aliphatic rings. The van der Waals surface area contributed by atoms with Gasteiger partial charge in [-0.25, -0.2) is 19.0 Å². The number of benzene rings is 2. The molecule has 0 amide bonds. The van der Waals surface area contributed by atoms with Gasteiger partial charge in [0.1, 0.15) is 11.6 Å². The van der Waals surface area contributed by atoms with Gasteiger partial charge >= 0.3 is 5.97 Å². The normalized spacial score (nSPS) is 20.0.